The Morgan fingerprint density at radius 3 is 2.32 bits per heavy atom. The SMILES string of the molecule is COc1ccc(N2C(=O)C3Sc4c(sc(=O)n4CC(=O)Nc4ccc(O)cc4)[C@H](c4ccc(Cl)cc4)C3C2=O)cc1. The largest absolute Gasteiger partial charge is 0.508 e. The lowest BCUT2D eigenvalue weighted by atomic mass is 9.83. The molecule has 1 aromatic heterocycles. The van der Waals surface area contributed by atoms with Gasteiger partial charge < -0.3 is 15.2 Å². The molecule has 41 heavy (non-hydrogen) atoms. The summed E-state index contributed by atoms with van der Waals surface area (Å²) >= 11 is 8.26. The molecule has 6 rings (SSSR count). The summed E-state index contributed by atoms with van der Waals surface area (Å²) in [6.07, 6.45) is 0. The lowest BCUT2D eigenvalue weighted by Crippen LogP contribution is -2.33. The third kappa shape index (κ3) is 4.90. The van der Waals surface area contributed by atoms with E-state index in [-0.39, 0.29) is 23.1 Å². The smallest absolute Gasteiger partial charge is 0.308 e. The number of amides is 3. The minimum atomic E-state index is -0.807. The van der Waals surface area contributed by atoms with Crippen LogP contribution in [0.3, 0.4) is 0 Å². The highest BCUT2D eigenvalue weighted by Gasteiger charge is 2.56. The maximum absolute atomic E-state index is 13.9. The second-order valence-electron chi connectivity index (χ2n) is 9.52. The first kappa shape index (κ1) is 27.1. The number of carbonyl (C=O) groups excluding carboxylic acids is 3. The number of fused-ring (bicyclic) bond motifs is 2. The van der Waals surface area contributed by atoms with Crippen LogP contribution in [0.2, 0.25) is 5.02 Å². The van der Waals surface area contributed by atoms with E-state index in [1.54, 1.807) is 60.7 Å². The molecule has 1 fully saturated rings. The van der Waals surface area contributed by atoms with Crippen LogP contribution in [0.5, 0.6) is 11.5 Å². The van der Waals surface area contributed by atoms with Crippen LogP contribution < -0.4 is 19.8 Å². The fourth-order valence-electron chi connectivity index (χ4n) is 5.16. The molecule has 3 amide bonds. The Bertz CT molecular complexity index is 1720. The molecule has 0 aliphatic carbocycles. The van der Waals surface area contributed by atoms with Crippen molar-refractivity contribution in [1.29, 1.82) is 0 Å². The number of thioether (sulfide) groups is 1. The number of aromatic hydroxyl groups is 1. The zero-order chi connectivity index (χ0) is 28.8. The van der Waals surface area contributed by atoms with Crippen molar-refractivity contribution in [1.82, 2.24) is 4.57 Å². The molecule has 0 saturated carbocycles. The van der Waals surface area contributed by atoms with Crippen LogP contribution in [0.15, 0.2) is 82.6 Å². The van der Waals surface area contributed by atoms with Gasteiger partial charge in [0.15, 0.2) is 0 Å². The monoisotopic (exact) mass is 607 g/mol. The van der Waals surface area contributed by atoms with Crippen molar-refractivity contribution in [2.45, 2.75) is 22.7 Å². The standard InChI is InChI=1S/C29H22ClN3O6S2/c1-39-20-12-8-18(9-13-20)33-26(36)23-22(15-2-4-16(30)5-3-15)25-28(40-24(23)27(33)37)32(29(38)41-25)14-21(35)31-17-6-10-19(34)11-7-17/h2-13,22-24,34H,14H2,1H3,(H,31,35)/t22-,23?,24?/m1/s1. The zero-order valence-corrected chi connectivity index (χ0v) is 23.8. The van der Waals surface area contributed by atoms with Crippen molar-refractivity contribution in [2.75, 3.05) is 17.3 Å². The molecule has 2 aliphatic rings. The van der Waals surface area contributed by atoms with Gasteiger partial charge in [-0.25, -0.2) is 4.90 Å². The number of anilines is 2. The zero-order valence-electron chi connectivity index (χ0n) is 21.4. The molecule has 12 heteroatoms. The average Bonchev–Trinajstić information content (AvgIpc) is 3.41. The van der Waals surface area contributed by atoms with Gasteiger partial charge in [-0.3, -0.25) is 23.7 Å². The van der Waals surface area contributed by atoms with Crippen molar-refractivity contribution in [3.05, 3.63) is 97.9 Å². The third-order valence-electron chi connectivity index (χ3n) is 7.06. The highest BCUT2D eigenvalue weighted by atomic mass is 35.5. The van der Waals surface area contributed by atoms with E-state index < -0.39 is 28.9 Å². The summed E-state index contributed by atoms with van der Waals surface area (Å²) < 4.78 is 6.57. The second kappa shape index (κ2) is 10.7. The predicted molar refractivity (Wildman–Crippen MR) is 157 cm³/mol. The minimum Gasteiger partial charge on any atom is -0.508 e. The third-order valence-corrected chi connectivity index (χ3v) is 9.92. The van der Waals surface area contributed by atoms with Gasteiger partial charge in [-0.15, -0.1) is 0 Å². The number of imide groups is 1. The quantitative estimate of drug-likeness (QED) is 0.241. The number of ether oxygens (including phenoxy) is 1. The summed E-state index contributed by atoms with van der Waals surface area (Å²) in [5.41, 5.74) is 1.63. The first-order valence-electron chi connectivity index (χ1n) is 12.5. The van der Waals surface area contributed by atoms with Crippen molar-refractivity contribution < 1.29 is 24.2 Å². The topological polar surface area (TPSA) is 118 Å². The summed E-state index contributed by atoms with van der Waals surface area (Å²) in [7, 11) is 1.53. The van der Waals surface area contributed by atoms with E-state index in [9.17, 15) is 24.3 Å². The summed E-state index contributed by atoms with van der Waals surface area (Å²) in [6, 6.07) is 19.7. The molecule has 1 saturated heterocycles. The van der Waals surface area contributed by atoms with E-state index in [0.717, 1.165) is 28.7 Å². The van der Waals surface area contributed by atoms with Crippen molar-refractivity contribution in [2.24, 2.45) is 5.92 Å². The Morgan fingerprint density at radius 1 is 0.976 bits per heavy atom. The van der Waals surface area contributed by atoms with E-state index in [1.165, 1.54) is 28.7 Å². The Kier molecular flexibility index (Phi) is 7.10. The number of benzene rings is 3. The van der Waals surface area contributed by atoms with Gasteiger partial charge in [0.05, 0.1) is 23.7 Å². The predicted octanol–water partition coefficient (Wildman–Crippen LogP) is 4.71. The fraction of sp³-hybridized carbons (Fsp3) is 0.172. The molecule has 3 atom stereocenters. The van der Waals surface area contributed by atoms with Gasteiger partial charge in [0.1, 0.15) is 23.3 Å². The normalized spacial score (nSPS) is 19.6. The number of hydrogen-bond donors (Lipinski definition) is 2. The number of thiazole rings is 1. The molecular weight excluding hydrogens is 586 g/mol. The van der Waals surface area contributed by atoms with E-state index in [1.807, 2.05) is 0 Å². The minimum absolute atomic E-state index is 0.0600. The van der Waals surface area contributed by atoms with Crippen LogP contribution in [0.25, 0.3) is 0 Å². The summed E-state index contributed by atoms with van der Waals surface area (Å²) in [5.74, 6) is -1.90. The summed E-state index contributed by atoms with van der Waals surface area (Å²) in [4.78, 5) is 55.4. The Morgan fingerprint density at radius 2 is 1.66 bits per heavy atom. The van der Waals surface area contributed by atoms with Gasteiger partial charge in [0.2, 0.25) is 17.7 Å². The van der Waals surface area contributed by atoms with Crippen LogP contribution in [0.4, 0.5) is 11.4 Å². The van der Waals surface area contributed by atoms with E-state index in [2.05, 4.69) is 5.32 Å². The maximum atomic E-state index is 13.9. The number of nitrogens with one attached hydrogen (secondary N) is 1. The van der Waals surface area contributed by atoms with Gasteiger partial charge >= 0.3 is 4.87 Å². The lowest BCUT2D eigenvalue weighted by Gasteiger charge is -2.30. The fourth-order valence-corrected chi connectivity index (χ4v) is 8.06. The maximum Gasteiger partial charge on any atom is 0.308 e. The molecule has 2 aliphatic heterocycles. The molecule has 0 spiro atoms. The van der Waals surface area contributed by atoms with E-state index in [0.29, 0.717) is 32.1 Å². The van der Waals surface area contributed by atoms with Crippen molar-refractivity contribution in [3.63, 3.8) is 0 Å². The van der Waals surface area contributed by atoms with Crippen LogP contribution in [0, 0.1) is 5.92 Å². The lowest BCUT2D eigenvalue weighted by molar-refractivity contribution is -0.122. The highest BCUT2D eigenvalue weighted by Crippen LogP contribution is 2.54. The van der Waals surface area contributed by atoms with Crippen molar-refractivity contribution in [3.8, 4) is 11.5 Å². The number of hydrogen-bond acceptors (Lipinski definition) is 8. The molecule has 3 aromatic carbocycles. The van der Waals surface area contributed by atoms with Gasteiger partial charge in [-0.1, -0.05) is 46.8 Å². The van der Waals surface area contributed by atoms with Crippen LogP contribution in [-0.4, -0.2) is 39.8 Å². The van der Waals surface area contributed by atoms with Gasteiger partial charge in [-0.2, -0.15) is 0 Å². The molecule has 3 heterocycles. The highest BCUT2D eigenvalue weighted by molar-refractivity contribution is 8.00. The van der Waals surface area contributed by atoms with Crippen LogP contribution in [-0.2, 0) is 20.9 Å². The molecule has 9 nitrogen and oxygen atoms in total. The van der Waals surface area contributed by atoms with E-state index >= 15 is 0 Å². The number of aromatic nitrogens is 1. The number of phenolic OH excluding ortho intramolecular Hbond substituents is 1. The Hall–Kier alpha value is -4.06. The number of carbonyl (C=O) groups is 3. The molecule has 0 radical (unpaired) electrons. The second-order valence-corrected chi connectivity index (χ2v) is 12.1. The molecule has 0 bridgehead atoms. The summed E-state index contributed by atoms with van der Waals surface area (Å²) in [6.45, 7) is -0.284. The van der Waals surface area contributed by atoms with Crippen LogP contribution >= 0.6 is 34.7 Å². The Labute approximate surface area is 247 Å². The number of methoxy groups -OCH3 is 1. The molecule has 208 valence electrons. The van der Waals surface area contributed by atoms with E-state index in [4.69, 9.17) is 16.3 Å². The molecule has 2 N–H and O–H groups in total. The van der Waals surface area contributed by atoms with Gasteiger partial charge in [0, 0.05) is 21.5 Å². The molecule has 4 aromatic rings. The van der Waals surface area contributed by atoms with Gasteiger partial charge in [0.25, 0.3) is 0 Å². The summed E-state index contributed by atoms with van der Waals surface area (Å²) in [5, 5.41) is 12.4. The van der Waals surface area contributed by atoms with Crippen molar-refractivity contribution >= 4 is 63.8 Å². The molecular formula is C29H22ClN3O6S2. The average molecular weight is 608 g/mol. The van der Waals surface area contributed by atoms with Gasteiger partial charge in [-0.05, 0) is 66.2 Å². The van der Waals surface area contributed by atoms with Crippen LogP contribution in [0.1, 0.15) is 16.4 Å². The number of nitrogens with zero attached hydrogens (tertiary/aromatic N) is 2. The molecule has 2 unspecified atom stereocenters. The number of phenols is 1. The first-order chi connectivity index (χ1) is 19.7. The number of halogens is 1. The number of rotatable bonds is 6. The first-order valence-corrected chi connectivity index (χ1v) is 14.6. The Balaban J connectivity index is 1.39.